The summed E-state index contributed by atoms with van der Waals surface area (Å²) in [6, 6.07) is 8.60. The van der Waals surface area contributed by atoms with Crippen LogP contribution in [0, 0.1) is 13.8 Å². The maximum atomic E-state index is 5.70. The molecule has 0 spiro atoms. The van der Waals surface area contributed by atoms with E-state index in [4.69, 9.17) is 10.6 Å². The van der Waals surface area contributed by atoms with E-state index in [0.29, 0.717) is 0 Å². The predicted octanol–water partition coefficient (Wildman–Crippen LogP) is 3.12. The van der Waals surface area contributed by atoms with Gasteiger partial charge >= 0.3 is 0 Å². The fourth-order valence-corrected chi connectivity index (χ4v) is 3.05. The van der Waals surface area contributed by atoms with E-state index in [1.807, 2.05) is 11.4 Å². The minimum atomic E-state index is 0.0806. The lowest BCUT2D eigenvalue weighted by molar-refractivity contribution is 0.403. The van der Waals surface area contributed by atoms with Crippen LogP contribution in [0.5, 0.6) is 5.75 Å². The second kappa shape index (κ2) is 6.19. The highest BCUT2D eigenvalue weighted by molar-refractivity contribution is 7.10. The molecule has 102 valence electrons. The maximum absolute atomic E-state index is 5.70. The summed E-state index contributed by atoms with van der Waals surface area (Å²) in [5, 5.41) is 2.03. The summed E-state index contributed by atoms with van der Waals surface area (Å²) in [5.41, 5.74) is 6.80. The second-order valence-corrected chi connectivity index (χ2v) is 5.64. The van der Waals surface area contributed by atoms with E-state index in [1.54, 1.807) is 18.4 Å². The number of hydrogen-bond acceptors (Lipinski definition) is 4. The van der Waals surface area contributed by atoms with Gasteiger partial charge in [-0.05, 0) is 48.4 Å². The molecule has 2 rings (SSSR count). The van der Waals surface area contributed by atoms with Gasteiger partial charge in [0.15, 0.2) is 0 Å². The first-order valence-electron chi connectivity index (χ1n) is 6.29. The Morgan fingerprint density at radius 2 is 2.05 bits per heavy atom. The molecule has 0 radical (unpaired) electrons. The molecule has 1 aromatic carbocycles. The number of thiophene rings is 1. The average molecular weight is 276 g/mol. The Morgan fingerprint density at radius 3 is 2.68 bits per heavy atom. The lowest BCUT2D eigenvalue weighted by atomic mass is 10.0. The molecule has 4 heteroatoms. The maximum Gasteiger partial charge on any atom is 0.134 e. The number of nitrogens with one attached hydrogen (secondary N) is 1. The van der Waals surface area contributed by atoms with Gasteiger partial charge in [-0.3, -0.25) is 11.3 Å². The lowest BCUT2D eigenvalue weighted by Gasteiger charge is -2.16. The van der Waals surface area contributed by atoms with Crippen LogP contribution in [-0.4, -0.2) is 7.11 Å². The minimum absolute atomic E-state index is 0.0806. The Hall–Kier alpha value is -1.36. The number of hydrazine groups is 1. The molecule has 0 aliphatic carbocycles. The highest BCUT2D eigenvalue weighted by Gasteiger charge is 2.17. The van der Waals surface area contributed by atoms with E-state index in [-0.39, 0.29) is 6.04 Å². The van der Waals surface area contributed by atoms with Crippen LogP contribution in [0.4, 0.5) is 0 Å². The molecule has 0 aliphatic rings. The van der Waals surface area contributed by atoms with Crippen molar-refractivity contribution in [1.29, 1.82) is 0 Å². The third-order valence-electron chi connectivity index (χ3n) is 3.41. The molecule has 1 unspecified atom stereocenters. The van der Waals surface area contributed by atoms with Gasteiger partial charge in [0.25, 0.3) is 0 Å². The summed E-state index contributed by atoms with van der Waals surface area (Å²) in [5.74, 6) is 6.60. The van der Waals surface area contributed by atoms with Crippen molar-refractivity contribution in [1.82, 2.24) is 5.43 Å². The van der Waals surface area contributed by atoms with Crippen LogP contribution in [0.25, 0.3) is 0 Å². The van der Waals surface area contributed by atoms with Crippen molar-refractivity contribution in [3.8, 4) is 5.75 Å². The Morgan fingerprint density at radius 1 is 1.26 bits per heavy atom. The zero-order valence-electron chi connectivity index (χ0n) is 11.6. The van der Waals surface area contributed by atoms with E-state index in [1.165, 1.54) is 16.7 Å². The number of ether oxygens (including phenoxy) is 1. The van der Waals surface area contributed by atoms with Gasteiger partial charge in [0.1, 0.15) is 5.75 Å². The van der Waals surface area contributed by atoms with Crippen LogP contribution in [0.1, 0.15) is 27.6 Å². The third-order valence-corrected chi connectivity index (χ3v) is 4.42. The van der Waals surface area contributed by atoms with Gasteiger partial charge in [-0.1, -0.05) is 18.2 Å². The van der Waals surface area contributed by atoms with Crippen LogP contribution in [0.2, 0.25) is 0 Å². The summed E-state index contributed by atoms with van der Waals surface area (Å²) < 4.78 is 5.36. The van der Waals surface area contributed by atoms with Crippen LogP contribution in [0.15, 0.2) is 29.6 Å². The first-order valence-corrected chi connectivity index (χ1v) is 7.17. The van der Waals surface area contributed by atoms with Crippen molar-refractivity contribution < 1.29 is 4.74 Å². The molecular formula is C15H20N2OS. The van der Waals surface area contributed by atoms with Gasteiger partial charge in [-0.15, -0.1) is 11.3 Å². The number of nitrogens with two attached hydrogens (primary N) is 1. The monoisotopic (exact) mass is 276 g/mol. The van der Waals surface area contributed by atoms with Gasteiger partial charge in [0.05, 0.1) is 18.0 Å². The molecule has 2 aromatic rings. The summed E-state index contributed by atoms with van der Waals surface area (Å²) in [7, 11) is 1.69. The van der Waals surface area contributed by atoms with E-state index in [0.717, 1.165) is 17.0 Å². The van der Waals surface area contributed by atoms with Gasteiger partial charge < -0.3 is 4.74 Å². The molecule has 0 saturated carbocycles. The molecule has 3 N–H and O–H groups in total. The minimum Gasteiger partial charge on any atom is -0.496 e. The molecule has 3 nitrogen and oxygen atoms in total. The molecule has 0 fully saturated rings. The molecule has 0 aliphatic heterocycles. The summed E-state index contributed by atoms with van der Waals surface area (Å²) >= 11 is 1.67. The molecule has 1 atom stereocenters. The molecule has 1 aromatic heterocycles. The summed E-state index contributed by atoms with van der Waals surface area (Å²) in [6.07, 6.45) is 0.856. The molecule has 1 heterocycles. The Labute approximate surface area is 118 Å². The molecular weight excluding hydrogens is 256 g/mol. The smallest absolute Gasteiger partial charge is 0.134 e. The second-order valence-electron chi connectivity index (χ2n) is 4.70. The Balaban J connectivity index is 2.21. The third kappa shape index (κ3) is 3.15. The molecule has 0 saturated heterocycles. The van der Waals surface area contributed by atoms with Gasteiger partial charge in [0.2, 0.25) is 0 Å². The number of rotatable bonds is 5. The van der Waals surface area contributed by atoms with Crippen LogP contribution in [-0.2, 0) is 6.42 Å². The van der Waals surface area contributed by atoms with Crippen molar-refractivity contribution in [3.05, 3.63) is 51.2 Å². The Bertz CT molecular complexity index is 551. The van der Waals surface area contributed by atoms with Crippen molar-refractivity contribution in [2.45, 2.75) is 26.3 Å². The molecule has 19 heavy (non-hydrogen) atoms. The largest absolute Gasteiger partial charge is 0.496 e. The topological polar surface area (TPSA) is 47.3 Å². The number of aryl methyl sites for hydroxylation is 2. The normalized spacial score (nSPS) is 12.4. The van der Waals surface area contributed by atoms with Crippen molar-refractivity contribution in [3.63, 3.8) is 0 Å². The van der Waals surface area contributed by atoms with Gasteiger partial charge in [0, 0.05) is 0 Å². The number of hydrogen-bond donors (Lipinski definition) is 2. The fourth-order valence-electron chi connectivity index (χ4n) is 2.13. The van der Waals surface area contributed by atoms with E-state index in [2.05, 4.69) is 37.5 Å². The predicted molar refractivity (Wildman–Crippen MR) is 80.6 cm³/mol. The van der Waals surface area contributed by atoms with Crippen LogP contribution < -0.4 is 16.0 Å². The van der Waals surface area contributed by atoms with Crippen molar-refractivity contribution in [2.75, 3.05) is 7.11 Å². The van der Waals surface area contributed by atoms with Gasteiger partial charge in [-0.25, -0.2) is 0 Å². The quantitative estimate of drug-likeness (QED) is 0.651. The first-order chi connectivity index (χ1) is 9.15. The van der Waals surface area contributed by atoms with Crippen molar-refractivity contribution in [2.24, 2.45) is 5.84 Å². The molecule has 0 bridgehead atoms. The van der Waals surface area contributed by atoms with E-state index in [9.17, 15) is 0 Å². The van der Waals surface area contributed by atoms with Crippen LogP contribution >= 0.6 is 11.3 Å². The highest BCUT2D eigenvalue weighted by Crippen LogP contribution is 2.32. The lowest BCUT2D eigenvalue weighted by Crippen LogP contribution is -2.29. The van der Waals surface area contributed by atoms with Crippen molar-refractivity contribution >= 4 is 11.3 Å². The van der Waals surface area contributed by atoms with Crippen LogP contribution in [0.3, 0.4) is 0 Å². The molecule has 0 amide bonds. The van der Waals surface area contributed by atoms with Gasteiger partial charge in [-0.2, -0.15) is 0 Å². The zero-order chi connectivity index (χ0) is 13.8. The Kier molecular flexibility index (Phi) is 4.58. The SMILES string of the molecule is COc1ccsc1C(Cc1ccc(C)c(C)c1)NN. The zero-order valence-corrected chi connectivity index (χ0v) is 12.4. The first kappa shape index (κ1) is 14.1. The van der Waals surface area contributed by atoms with E-state index < -0.39 is 0 Å². The summed E-state index contributed by atoms with van der Waals surface area (Å²) in [4.78, 5) is 1.14. The number of methoxy groups -OCH3 is 1. The van der Waals surface area contributed by atoms with E-state index >= 15 is 0 Å². The fraction of sp³-hybridized carbons (Fsp3) is 0.333. The average Bonchev–Trinajstić information content (AvgIpc) is 2.88. The highest BCUT2D eigenvalue weighted by atomic mass is 32.1. The summed E-state index contributed by atoms with van der Waals surface area (Å²) in [6.45, 7) is 4.26. The number of benzene rings is 1. The standard InChI is InChI=1S/C15H20N2OS/c1-10-4-5-12(8-11(10)2)9-13(17-16)15-14(18-3)6-7-19-15/h4-8,13,17H,9,16H2,1-3H3.